The lowest BCUT2D eigenvalue weighted by molar-refractivity contribution is -0.112. The molecule has 1 aliphatic carbocycles. The number of rotatable bonds is 4. The number of carbonyl (C=O) groups is 1. The van der Waals surface area contributed by atoms with E-state index in [4.69, 9.17) is 0 Å². The maximum atomic E-state index is 12.7. The van der Waals surface area contributed by atoms with Crippen molar-refractivity contribution in [2.45, 2.75) is 59.4 Å². The van der Waals surface area contributed by atoms with Crippen LogP contribution in [-0.4, -0.2) is 10.5 Å². The van der Waals surface area contributed by atoms with E-state index in [1.54, 1.807) is 6.08 Å². The first-order valence-corrected chi connectivity index (χ1v) is 9.60. The van der Waals surface area contributed by atoms with E-state index in [9.17, 15) is 10.1 Å². The third-order valence-electron chi connectivity index (χ3n) is 5.73. The summed E-state index contributed by atoms with van der Waals surface area (Å²) < 4.78 is 2.37. The van der Waals surface area contributed by atoms with Crippen LogP contribution in [0, 0.1) is 39.0 Å². The van der Waals surface area contributed by atoms with Crippen molar-refractivity contribution in [1.82, 2.24) is 4.57 Å². The van der Waals surface area contributed by atoms with E-state index in [-0.39, 0.29) is 11.5 Å². The van der Waals surface area contributed by atoms with E-state index >= 15 is 0 Å². The number of nitriles is 1. The Hall–Kier alpha value is -2.80. The molecule has 4 nitrogen and oxygen atoms in total. The summed E-state index contributed by atoms with van der Waals surface area (Å²) in [4.78, 5) is 12.7. The molecule has 1 fully saturated rings. The van der Waals surface area contributed by atoms with Crippen molar-refractivity contribution < 1.29 is 4.79 Å². The van der Waals surface area contributed by atoms with E-state index < -0.39 is 0 Å². The Morgan fingerprint density at radius 1 is 1.22 bits per heavy atom. The molecule has 140 valence electrons. The molecule has 1 aliphatic rings. The Morgan fingerprint density at radius 2 is 1.93 bits per heavy atom. The lowest BCUT2D eigenvalue weighted by Gasteiger charge is -2.17. The summed E-state index contributed by atoms with van der Waals surface area (Å²) in [5.41, 5.74) is 6.27. The fraction of sp³-hybridized carbons (Fsp3) is 0.391. The Labute approximate surface area is 161 Å². The topological polar surface area (TPSA) is 57.8 Å². The van der Waals surface area contributed by atoms with Crippen LogP contribution in [0.3, 0.4) is 0 Å². The molecule has 0 unspecified atom stereocenters. The van der Waals surface area contributed by atoms with Crippen LogP contribution in [0.2, 0.25) is 0 Å². The molecular weight excluding hydrogens is 334 g/mol. The lowest BCUT2D eigenvalue weighted by atomic mass is 10.1. The molecule has 2 aromatic rings. The van der Waals surface area contributed by atoms with Crippen LogP contribution >= 0.6 is 0 Å². The first-order valence-electron chi connectivity index (χ1n) is 9.60. The fourth-order valence-corrected chi connectivity index (χ4v) is 4.05. The molecule has 1 heterocycles. The molecule has 1 N–H and O–H groups in total. The molecule has 0 radical (unpaired) electrons. The minimum Gasteiger partial charge on any atom is -0.346 e. The van der Waals surface area contributed by atoms with E-state index in [1.165, 1.54) is 31.4 Å². The van der Waals surface area contributed by atoms with Crippen LogP contribution in [0.15, 0.2) is 29.8 Å². The summed E-state index contributed by atoms with van der Waals surface area (Å²) in [6, 6.07) is 10.5. The zero-order chi connectivity index (χ0) is 19.6. The van der Waals surface area contributed by atoms with Crippen molar-refractivity contribution in [2.75, 3.05) is 5.32 Å². The SMILES string of the molecule is Cc1cccc(NC(=O)/C(C#N)=C\c2cc(C)n(C3CCCC3)c2C)c1C. The molecule has 1 amide bonds. The highest BCUT2D eigenvalue weighted by molar-refractivity contribution is 6.10. The monoisotopic (exact) mass is 361 g/mol. The largest absolute Gasteiger partial charge is 0.346 e. The van der Waals surface area contributed by atoms with Crippen molar-refractivity contribution >= 4 is 17.7 Å². The van der Waals surface area contributed by atoms with Gasteiger partial charge in [0.15, 0.2) is 0 Å². The molecule has 0 saturated heterocycles. The van der Waals surface area contributed by atoms with Gasteiger partial charge in [0.05, 0.1) is 0 Å². The molecule has 0 atom stereocenters. The quantitative estimate of drug-likeness (QED) is 0.587. The molecular formula is C23H27N3O. The number of hydrogen-bond acceptors (Lipinski definition) is 2. The normalized spacial score (nSPS) is 15.0. The molecule has 4 heteroatoms. The van der Waals surface area contributed by atoms with Gasteiger partial charge in [-0.3, -0.25) is 4.79 Å². The van der Waals surface area contributed by atoms with Crippen LogP contribution in [-0.2, 0) is 4.79 Å². The van der Waals surface area contributed by atoms with E-state index in [0.29, 0.717) is 6.04 Å². The number of nitrogens with zero attached hydrogens (tertiary/aromatic N) is 2. The Kier molecular flexibility index (Phi) is 5.51. The zero-order valence-corrected chi connectivity index (χ0v) is 16.6. The molecule has 0 spiro atoms. The number of amides is 1. The molecule has 0 bridgehead atoms. The van der Waals surface area contributed by atoms with Crippen molar-refractivity contribution in [1.29, 1.82) is 5.26 Å². The first-order chi connectivity index (χ1) is 12.9. The van der Waals surface area contributed by atoms with Crippen LogP contribution < -0.4 is 5.32 Å². The first kappa shape index (κ1) is 19.0. The predicted molar refractivity (Wildman–Crippen MR) is 110 cm³/mol. The highest BCUT2D eigenvalue weighted by atomic mass is 16.1. The summed E-state index contributed by atoms with van der Waals surface area (Å²) in [5, 5.41) is 12.4. The van der Waals surface area contributed by atoms with Crippen LogP contribution in [0.5, 0.6) is 0 Å². The van der Waals surface area contributed by atoms with Crippen molar-refractivity contribution in [3.05, 3.63) is 57.9 Å². The van der Waals surface area contributed by atoms with Crippen molar-refractivity contribution in [3.63, 3.8) is 0 Å². The standard InChI is InChI=1S/C23H27N3O/c1-15-8-7-11-22(17(15)3)25-23(27)20(14-24)13-19-12-16(2)26(18(19)4)21-9-5-6-10-21/h7-8,11-13,21H,5-6,9-10H2,1-4H3,(H,25,27)/b20-13-. The van der Waals surface area contributed by atoms with Crippen molar-refractivity contribution in [2.24, 2.45) is 0 Å². The van der Waals surface area contributed by atoms with Gasteiger partial charge in [0.25, 0.3) is 5.91 Å². The van der Waals surface area contributed by atoms with Gasteiger partial charge in [0.1, 0.15) is 11.6 Å². The highest BCUT2D eigenvalue weighted by Crippen LogP contribution is 2.34. The zero-order valence-electron chi connectivity index (χ0n) is 16.6. The molecule has 1 aromatic carbocycles. The summed E-state index contributed by atoms with van der Waals surface area (Å²) in [7, 11) is 0. The molecule has 1 aromatic heterocycles. The molecule has 27 heavy (non-hydrogen) atoms. The maximum absolute atomic E-state index is 12.7. The van der Waals surface area contributed by atoms with Gasteiger partial charge in [0.2, 0.25) is 0 Å². The van der Waals surface area contributed by atoms with E-state index in [1.807, 2.05) is 32.0 Å². The van der Waals surface area contributed by atoms with Gasteiger partial charge < -0.3 is 9.88 Å². The number of anilines is 1. The van der Waals surface area contributed by atoms with Gasteiger partial charge in [0, 0.05) is 23.1 Å². The van der Waals surface area contributed by atoms with Gasteiger partial charge in [-0.05, 0) is 75.4 Å². The summed E-state index contributed by atoms with van der Waals surface area (Å²) in [6.07, 6.45) is 6.67. The van der Waals surface area contributed by atoms with Crippen LogP contribution in [0.1, 0.15) is 59.8 Å². The third kappa shape index (κ3) is 3.83. The summed E-state index contributed by atoms with van der Waals surface area (Å²) in [5.74, 6) is -0.364. The average Bonchev–Trinajstić information content (AvgIpc) is 3.24. The second-order valence-corrected chi connectivity index (χ2v) is 7.51. The lowest BCUT2D eigenvalue weighted by Crippen LogP contribution is -2.14. The maximum Gasteiger partial charge on any atom is 0.266 e. The van der Waals surface area contributed by atoms with E-state index in [0.717, 1.165) is 28.1 Å². The van der Waals surface area contributed by atoms with E-state index in [2.05, 4.69) is 35.9 Å². The van der Waals surface area contributed by atoms with Crippen molar-refractivity contribution in [3.8, 4) is 6.07 Å². The van der Waals surface area contributed by atoms with Gasteiger partial charge in [-0.1, -0.05) is 25.0 Å². The number of benzene rings is 1. The van der Waals surface area contributed by atoms with Crippen LogP contribution in [0.4, 0.5) is 5.69 Å². The number of hydrogen-bond donors (Lipinski definition) is 1. The number of aryl methyl sites for hydroxylation is 2. The molecule has 1 saturated carbocycles. The fourth-order valence-electron chi connectivity index (χ4n) is 4.05. The Bertz CT molecular complexity index is 937. The average molecular weight is 361 g/mol. The predicted octanol–water partition coefficient (Wildman–Crippen LogP) is 5.38. The molecule has 3 rings (SSSR count). The highest BCUT2D eigenvalue weighted by Gasteiger charge is 2.21. The number of nitrogens with one attached hydrogen (secondary N) is 1. The Morgan fingerprint density at radius 3 is 2.59 bits per heavy atom. The summed E-state index contributed by atoms with van der Waals surface area (Å²) >= 11 is 0. The summed E-state index contributed by atoms with van der Waals surface area (Å²) in [6.45, 7) is 8.15. The smallest absolute Gasteiger partial charge is 0.266 e. The van der Waals surface area contributed by atoms with Gasteiger partial charge in [-0.25, -0.2) is 0 Å². The number of aromatic nitrogens is 1. The van der Waals surface area contributed by atoms with Gasteiger partial charge in [-0.15, -0.1) is 0 Å². The third-order valence-corrected chi connectivity index (χ3v) is 5.73. The molecule has 0 aliphatic heterocycles. The number of carbonyl (C=O) groups excluding carboxylic acids is 1. The second kappa shape index (κ2) is 7.84. The Balaban J connectivity index is 1.88. The minimum atomic E-state index is -0.364. The van der Waals surface area contributed by atoms with Crippen LogP contribution in [0.25, 0.3) is 6.08 Å². The van der Waals surface area contributed by atoms with Gasteiger partial charge in [-0.2, -0.15) is 5.26 Å². The van der Waals surface area contributed by atoms with Gasteiger partial charge >= 0.3 is 0 Å². The minimum absolute atomic E-state index is 0.127. The second-order valence-electron chi connectivity index (χ2n) is 7.51.